The maximum Gasteiger partial charge on any atom is 0.358 e. The Labute approximate surface area is 154 Å². The molecule has 3 aromatic rings. The number of rotatable bonds is 4. The molecular formula is C18H13Cl2N3O2. The number of aromatic nitrogens is 2. The third kappa shape index (κ3) is 4.07. The van der Waals surface area contributed by atoms with Gasteiger partial charge in [0.25, 0.3) is 0 Å². The number of nitrogen functional groups attached to an aromatic ring is 1. The average Bonchev–Trinajstić information content (AvgIpc) is 2.63. The van der Waals surface area contributed by atoms with Crippen molar-refractivity contribution >= 4 is 34.9 Å². The van der Waals surface area contributed by atoms with Crippen molar-refractivity contribution in [3.63, 3.8) is 0 Å². The molecule has 0 amide bonds. The van der Waals surface area contributed by atoms with Gasteiger partial charge in [-0.15, -0.1) is 0 Å². The van der Waals surface area contributed by atoms with Gasteiger partial charge >= 0.3 is 5.97 Å². The lowest BCUT2D eigenvalue weighted by Crippen LogP contribution is -2.10. The average molecular weight is 374 g/mol. The zero-order valence-corrected chi connectivity index (χ0v) is 14.5. The van der Waals surface area contributed by atoms with E-state index >= 15 is 0 Å². The number of ether oxygens (including phenoxy) is 1. The molecule has 0 saturated heterocycles. The number of halogens is 2. The van der Waals surface area contributed by atoms with Gasteiger partial charge in [0.2, 0.25) is 0 Å². The third-order valence-electron chi connectivity index (χ3n) is 3.41. The summed E-state index contributed by atoms with van der Waals surface area (Å²) in [7, 11) is 0. The van der Waals surface area contributed by atoms with Crippen LogP contribution in [0.25, 0.3) is 11.3 Å². The lowest BCUT2D eigenvalue weighted by atomic mass is 10.1. The fraction of sp³-hybridized carbons (Fsp3) is 0.0556. The Morgan fingerprint density at radius 1 is 1.16 bits per heavy atom. The molecule has 7 heteroatoms. The zero-order chi connectivity index (χ0) is 17.8. The molecule has 1 aromatic carbocycles. The highest BCUT2D eigenvalue weighted by Gasteiger charge is 2.18. The first-order valence-electron chi connectivity index (χ1n) is 7.32. The van der Waals surface area contributed by atoms with Crippen molar-refractivity contribution in [1.82, 2.24) is 9.97 Å². The first-order valence-corrected chi connectivity index (χ1v) is 8.08. The van der Waals surface area contributed by atoms with E-state index in [4.69, 9.17) is 33.7 Å². The molecule has 0 aliphatic heterocycles. The van der Waals surface area contributed by atoms with E-state index in [1.54, 1.807) is 54.9 Å². The molecule has 25 heavy (non-hydrogen) atoms. The highest BCUT2D eigenvalue weighted by atomic mass is 35.5. The summed E-state index contributed by atoms with van der Waals surface area (Å²) in [5, 5.41) is 0.663. The molecule has 0 bridgehead atoms. The minimum atomic E-state index is -0.656. The highest BCUT2D eigenvalue weighted by Crippen LogP contribution is 2.29. The molecule has 0 spiro atoms. The molecule has 0 fully saturated rings. The van der Waals surface area contributed by atoms with Crippen molar-refractivity contribution in [2.24, 2.45) is 0 Å². The fourth-order valence-corrected chi connectivity index (χ4v) is 2.45. The van der Waals surface area contributed by atoms with E-state index in [9.17, 15) is 4.79 Å². The molecular weight excluding hydrogens is 361 g/mol. The van der Waals surface area contributed by atoms with Crippen LogP contribution >= 0.6 is 23.2 Å². The molecule has 0 aliphatic rings. The number of hydrogen-bond acceptors (Lipinski definition) is 5. The van der Waals surface area contributed by atoms with Crippen LogP contribution in [0.4, 0.5) is 5.69 Å². The van der Waals surface area contributed by atoms with E-state index < -0.39 is 5.97 Å². The van der Waals surface area contributed by atoms with Crippen molar-refractivity contribution in [2.75, 3.05) is 5.73 Å². The standard InChI is InChI=1S/C18H13Cl2N3O2/c19-13-5-3-12(4-6-13)15-8-14(21)16(20)17(23-15)18(24)25-10-11-2-1-7-22-9-11/h1-9H,10H2,(H2,21,23). The van der Waals surface area contributed by atoms with Crippen LogP contribution in [0.5, 0.6) is 0 Å². The van der Waals surface area contributed by atoms with Crippen LogP contribution in [0.2, 0.25) is 10.0 Å². The van der Waals surface area contributed by atoms with E-state index in [2.05, 4.69) is 9.97 Å². The van der Waals surface area contributed by atoms with E-state index in [1.807, 2.05) is 0 Å². The normalized spacial score (nSPS) is 10.5. The Morgan fingerprint density at radius 3 is 2.60 bits per heavy atom. The third-order valence-corrected chi connectivity index (χ3v) is 4.06. The van der Waals surface area contributed by atoms with Gasteiger partial charge in [0.1, 0.15) is 6.61 Å². The second kappa shape index (κ2) is 7.51. The van der Waals surface area contributed by atoms with Crippen molar-refractivity contribution in [3.8, 4) is 11.3 Å². The molecule has 0 atom stereocenters. The highest BCUT2D eigenvalue weighted by molar-refractivity contribution is 6.35. The Bertz CT molecular complexity index is 900. The summed E-state index contributed by atoms with van der Waals surface area (Å²) in [5.41, 5.74) is 8.15. The van der Waals surface area contributed by atoms with Gasteiger partial charge in [-0.3, -0.25) is 4.98 Å². The smallest absolute Gasteiger partial charge is 0.358 e. The van der Waals surface area contributed by atoms with Crippen molar-refractivity contribution in [3.05, 3.63) is 76.2 Å². The van der Waals surface area contributed by atoms with Crippen molar-refractivity contribution in [2.45, 2.75) is 6.61 Å². The van der Waals surface area contributed by atoms with E-state index in [-0.39, 0.29) is 23.0 Å². The number of nitrogens with zero attached hydrogens (tertiary/aromatic N) is 2. The van der Waals surface area contributed by atoms with Crippen LogP contribution in [0.1, 0.15) is 16.1 Å². The number of carbonyl (C=O) groups is 1. The number of benzene rings is 1. The number of pyridine rings is 2. The Kier molecular flexibility index (Phi) is 5.16. The van der Waals surface area contributed by atoms with E-state index in [0.717, 1.165) is 11.1 Å². The van der Waals surface area contributed by atoms with Gasteiger partial charge in [0.15, 0.2) is 5.69 Å². The van der Waals surface area contributed by atoms with E-state index in [1.165, 1.54) is 0 Å². The first kappa shape index (κ1) is 17.2. The quantitative estimate of drug-likeness (QED) is 0.686. The van der Waals surface area contributed by atoms with Gasteiger partial charge in [-0.1, -0.05) is 41.4 Å². The molecule has 0 aliphatic carbocycles. The molecule has 2 heterocycles. The summed E-state index contributed by atoms with van der Waals surface area (Å²) in [6.45, 7) is 0.0652. The predicted octanol–water partition coefficient (Wildman–Crippen LogP) is 4.39. The van der Waals surface area contributed by atoms with Gasteiger partial charge in [-0.25, -0.2) is 9.78 Å². The molecule has 3 rings (SSSR count). The number of carbonyl (C=O) groups excluding carboxylic acids is 1. The summed E-state index contributed by atoms with van der Waals surface area (Å²) < 4.78 is 5.26. The number of nitrogens with two attached hydrogens (primary N) is 1. The summed E-state index contributed by atoms with van der Waals surface area (Å²) in [5.74, 6) is -0.656. The maximum atomic E-state index is 12.4. The molecule has 2 aromatic heterocycles. The lowest BCUT2D eigenvalue weighted by Gasteiger charge is -2.10. The second-order valence-corrected chi connectivity index (χ2v) is 6.02. The van der Waals surface area contributed by atoms with Crippen LogP contribution < -0.4 is 5.73 Å². The SMILES string of the molecule is Nc1cc(-c2ccc(Cl)cc2)nc(C(=O)OCc2cccnc2)c1Cl. The van der Waals surface area contributed by atoms with Gasteiger partial charge in [-0.2, -0.15) is 0 Å². The topological polar surface area (TPSA) is 78.1 Å². The fourth-order valence-electron chi connectivity index (χ4n) is 2.15. The summed E-state index contributed by atoms with van der Waals surface area (Å²) in [6, 6.07) is 12.2. The van der Waals surface area contributed by atoms with Gasteiger partial charge in [0.05, 0.1) is 16.4 Å². The number of anilines is 1. The zero-order valence-electron chi connectivity index (χ0n) is 12.9. The van der Waals surface area contributed by atoms with Crippen LogP contribution in [-0.2, 0) is 11.3 Å². The Balaban J connectivity index is 1.87. The lowest BCUT2D eigenvalue weighted by molar-refractivity contribution is 0.0466. The van der Waals surface area contributed by atoms with Gasteiger partial charge in [-0.05, 0) is 24.3 Å². The van der Waals surface area contributed by atoms with Crippen LogP contribution in [0.15, 0.2) is 54.9 Å². The van der Waals surface area contributed by atoms with Crippen LogP contribution in [0.3, 0.4) is 0 Å². The Hall–Kier alpha value is -2.63. The van der Waals surface area contributed by atoms with Crippen LogP contribution in [-0.4, -0.2) is 15.9 Å². The summed E-state index contributed by atoms with van der Waals surface area (Å²) >= 11 is 12.0. The summed E-state index contributed by atoms with van der Waals surface area (Å²) in [6.07, 6.45) is 3.25. The van der Waals surface area contributed by atoms with Gasteiger partial charge in [0, 0.05) is 28.5 Å². The van der Waals surface area contributed by atoms with Crippen molar-refractivity contribution in [1.29, 1.82) is 0 Å². The van der Waals surface area contributed by atoms with Gasteiger partial charge < -0.3 is 10.5 Å². The molecule has 2 N–H and O–H groups in total. The Morgan fingerprint density at radius 2 is 1.92 bits per heavy atom. The molecule has 0 radical (unpaired) electrons. The monoisotopic (exact) mass is 373 g/mol. The molecule has 0 unspecified atom stereocenters. The molecule has 126 valence electrons. The number of esters is 1. The minimum absolute atomic E-state index is 0.0319. The van der Waals surface area contributed by atoms with Crippen molar-refractivity contribution < 1.29 is 9.53 Å². The molecule has 0 saturated carbocycles. The number of hydrogen-bond donors (Lipinski definition) is 1. The summed E-state index contributed by atoms with van der Waals surface area (Å²) in [4.78, 5) is 20.6. The molecule has 5 nitrogen and oxygen atoms in total. The van der Waals surface area contributed by atoms with E-state index in [0.29, 0.717) is 10.7 Å². The predicted molar refractivity (Wildman–Crippen MR) is 97.5 cm³/mol. The first-order chi connectivity index (χ1) is 12.0. The maximum absolute atomic E-state index is 12.4. The minimum Gasteiger partial charge on any atom is -0.456 e. The second-order valence-electron chi connectivity index (χ2n) is 5.20. The van der Waals surface area contributed by atoms with Crippen LogP contribution in [0, 0.1) is 0 Å². The largest absolute Gasteiger partial charge is 0.456 e.